The Morgan fingerprint density at radius 3 is 2.35 bits per heavy atom. The highest BCUT2D eigenvalue weighted by Crippen LogP contribution is 2.28. The van der Waals surface area contributed by atoms with Crippen LogP contribution in [0.4, 0.5) is 0 Å². The van der Waals surface area contributed by atoms with Gasteiger partial charge in [-0.3, -0.25) is 4.79 Å². The Morgan fingerprint density at radius 2 is 1.88 bits per heavy atom. The van der Waals surface area contributed by atoms with Crippen LogP contribution in [-0.4, -0.2) is 18.5 Å². The summed E-state index contributed by atoms with van der Waals surface area (Å²) >= 11 is 0. The number of carbonyl (C=O) groups is 1. The second-order valence-corrected chi connectivity index (χ2v) is 5.89. The van der Waals surface area contributed by atoms with E-state index in [2.05, 4.69) is 26.1 Å². The van der Waals surface area contributed by atoms with Crippen LogP contribution in [0, 0.1) is 17.8 Å². The van der Waals surface area contributed by atoms with Gasteiger partial charge in [-0.1, -0.05) is 20.8 Å². The van der Waals surface area contributed by atoms with Gasteiger partial charge in [0.2, 0.25) is 5.91 Å². The summed E-state index contributed by atoms with van der Waals surface area (Å²) < 4.78 is 0. The minimum Gasteiger partial charge on any atom is -0.353 e. The van der Waals surface area contributed by atoms with Crippen molar-refractivity contribution >= 4 is 5.91 Å². The van der Waals surface area contributed by atoms with Gasteiger partial charge in [0.05, 0.1) is 0 Å². The van der Waals surface area contributed by atoms with Gasteiger partial charge in [0.1, 0.15) is 0 Å². The zero-order chi connectivity index (χ0) is 12.8. The lowest BCUT2D eigenvalue weighted by Crippen LogP contribution is -2.43. The van der Waals surface area contributed by atoms with Crippen molar-refractivity contribution in [3.8, 4) is 0 Å². The van der Waals surface area contributed by atoms with Crippen LogP contribution in [0.15, 0.2) is 0 Å². The van der Waals surface area contributed by atoms with E-state index in [0.717, 1.165) is 25.2 Å². The van der Waals surface area contributed by atoms with Crippen molar-refractivity contribution in [1.29, 1.82) is 0 Å². The van der Waals surface area contributed by atoms with Gasteiger partial charge in [0.15, 0.2) is 0 Å². The van der Waals surface area contributed by atoms with Crippen molar-refractivity contribution in [3.05, 3.63) is 0 Å². The number of amides is 1. The van der Waals surface area contributed by atoms with Crippen LogP contribution >= 0.6 is 0 Å². The standard InChI is InChI=1S/C14H28N2O/c1-10(2)13(8-9-15)16-14(17)12-6-4-11(3)5-7-12/h10-13H,4-9,15H2,1-3H3,(H,16,17). The van der Waals surface area contributed by atoms with Crippen LogP contribution in [0.5, 0.6) is 0 Å². The summed E-state index contributed by atoms with van der Waals surface area (Å²) in [5.41, 5.74) is 5.59. The van der Waals surface area contributed by atoms with Crippen LogP contribution in [0.1, 0.15) is 52.9 Å². The van der Waals surface area contributed by atoms with Gasteiger partial charge in [-0.2, -0.15) is 0 Å². The van der Waals surface area contributed by atoms with Gasteiger partial charge >= 0.3 is 0 Å². The summed E-state index contributed by atoms with van der Waals surface area (Å²) in [7, 11) is 0. The molecule has 1 aliphatic rings. The first kappa shape index (κ1) is 14.5. The maximum absolute atomic E-state index is 12.1. The summed E-state index contributed by atoms with van der Waals surface area (Å²) in [6.45, 7) is 7.21. The monoisotopic (exact) mass is 240 g/mol. The van der Waals surface area contributed by atoms with Crippen LogP contribution in [-0.2, 0) is 4.79 Å². The molecular formula is C14H28N2O. The number of hydrogen-bond acceptors (Lipinski definition) is 2. The fourth-order valence-electron chi connectivity index (χ4n) is 2.57. The maximum atomic E-state index is 12.1. The lowest BCUT2D eigenvalue weighted by molar-refractivity contribution is -0.127. The number of rotatable bonds is 5. The van der Waals surface area contributed by atoms with Gasteiger partial charge in [0, 0.05) is 12.0 Å². The first-order valence-electron chi connectivity index (χ1n) is 7.05. The van der Waals surface area contributed by atoms with E-state index in [0.29, 0.717) is 12.5 Å². The summed E-state index contributed by atoms with van der Waals surface area (Å²) in [5, 5.41) is 3.18. The van der Waals surface area contributed by atoms with Crippen LogP contribution < -0.4 is 11.1 Å². The number of carbonyl (C=O) groups excluding carboxylic acids is 1. The van der Waals surface area contributed by atoms with Crippen molar-refractivity contribution in [2.45, 2.75) is 58.9 Å². The SMILES string of the molecule is CC1CCC(C(=O)NC(CCN)C(C)C)CC1. The molecule has 1 fully saturated rings. The minimum absolute atomic E-state index is 0.241. The van der Waals surface area contributed by atoms with Gasteiger partial charge in [-0.15, -0.1) is 0 Å². The fraction of sp³-hybridized carbons (Fsp3) is 0.929. The summed E-state index contributed by atoms with van der Waals surface area (Å²) in [6, 6.07) is 0.242. The van der Waals surface area contributed by atoms with Crippen LogP contribution in [0.2, 0.25) is 0 Å². The van der Waals surface area contributed by atoms with Gasteiger partial charge < -0.3 is 11.1 Å². The molecule has 1 unspecified atom stereocenters. The Kier molecular flexibility index (Phi) is 5.96. The third kappa shape index (κ3) is 4.66. The molecule has 0 heterocycles. The lowest BCUT2D eigenvalue weighted by Gasteiger charge is -2.28. The highest BCUT2D eigenvalue weighted by Gasteiger charge is 2.26. The normalized spacial score (nSPS) is 26.9. The highest BCUT2D eigenvalue weighted by atomic mass is 16.1. The number of nitrogens with one attached hydrogen (secondary N) is 1. The summed E-state index contributed by atoms with van der Waals surface area (Å²) in [5.74, 6) is 1.75. The first-order chi connectivity index (χ1) is 8.04. The predicted molar refractivity (Wildman–Crippen MR) is 71.6 cm³/mol. The molecule has 0 aliphatic heterocycles. The Hall–Kier alpha value is -0.570. The summed E-state index contributed by atoms with van der Waals surface area (Å²) in [6.07, 6.45) is 5.38. The molecule has 100 valence electrons. The van der Waals surface area contributed by atoms with Crippen molar-refractivity contribution in [3.63, 3.8) is 0 Å². The smallest absolute Gasteiger partial charge is 0.223 e. The average molecular weight is 240 g/mol. The second-order valence-electron chi connectivity index (χ2n) is 5.89. The molecule has 3 heteroatoms. The molecule has 0 spiro atoms. The average Bonchev–Trinajstić information content (AvgIpc) is 2.29. The summed E-state index contributed by atoms with van der Waals surface area (Å²) in [4.78, 5) is 12.1. The Balaban J connectivity index is 2.41. The predicted octanol–water partition coefficient (Wildman–Crippen LogP) is 2.30. The molecule has 0 radical (unpaired) electrons. The molecule has 1 atom stereocenters. The Labute approximate surface area is 106 Å². The van der Waals surface area contributed by atoms with Gasteiger partial charge in [-0.25, -0.2) is 0 Å². The molecule has 0 aromatic heterocycles. The van der Waals surface area contributed by atoms with Gasteiger partial charge in [-0.05, 0) is 50.5 Å². The lowest BCUT2D eigenvalue weighted by atomic mass is 9.82. The molecule has 0 aromatic carbocycles. The van der Waals surface area contributed by atoms with Crippen molar-refractivity contribution in [1.82, 2.24) is 5.32 Å². The van der Waals surface area contributed by atoms with E-state index in [-0.39, 0.29) is 17.9 Å². The molecule has 0 bridgehead atoms. The highest BCUT2D eigenvalue weighted by molar-refractivity contribution is 5.79. The molecule has 0 aromatic rings. The molecule has 1 rings (SSSR count). The van der Waals surface area contributed by atoms with Crippen LogP contribution in [0.25, 0.3) is 0 Å². The topological polar surface area (TPSA) is 55.1 Å². The fourth-order valence-corrected chi connectivity index (χ4v) is 2.57. The largest absolute Gasteiger partial charge is 0.353 e. The zero-order valence-electron chi connectivity index (χ0n) is 11.5. The van der Waals surface area contributed by atoms with E-state index in [1.54, 1.807) is 0 Å². The third-order valence-corrected chi connectivity index (χ3v) is 4.00. The Morgan fingerprint density at radius 1 is 1.29 bits per heavy atom. The number of hydrogen-bond donors (Lipinski definition) is 2. The van der Waals surface area contributed by atoms with Crippen molar-refractivity contribution < 1.29 is 4.79 Å². The van der Waals surface area contributed by atoms with E-state index < -0.39 is 0 Å². The molecule has 1 aliphatic carbocycles. The third-order valence-electron chi connectivity index (χ3n) is 4.00. The van der Waals surface area contributed by atoms with E-state index >= 15 is 0 Å². The first-order valence-corrected chi connectivity index (χ1v) is 7.05. The molecular weight excluding hydrogens is 212 g/mol. The Bertz CT molecular complexity index is 232. The minimum atomic E-state index is 0.241. The van der Waals surface area contributed by atoms with E-state index in [1.807, 2.05) is 0 Å². The second kappa shape index (κ2) is 7.00. The van der Waals surface area contributed by atoms with E-state index in [1.165, 1.54) is 12.8 Å². The molecule has 1 saturated carbocycles. The van der Waals surface area contributed by atoms with E-state index in [4.69, 9.17) is 5.73 Å². The molecule has 3 N–H and O–H groups in total. The van der Waals surface area contributed by atoms with Crippen molar-refractivity contribution in [2.24, 2.45) is 23.5 Å². The quantitative estimate of drug-likeness (QED) is 0.774. The van der Waals surface area contributed by atoms with Crippen LogP contribution in [0.3, 0.4) is 0 Å². The maximum Gasteiger partial charge on any atom is 0.223 e. The number of nitrogens with two attached hydrogens (primary N) is 1. The molecule has 3 nitrogen and oxygen atoms in total. The molecule has 1 amide bonds. The van der Waals surface area contributed by atoms with E-state index in [9.17, 15) is 4.79 Å². The van der Waals surface area contributed by atoms with Crippen molar-refractivity contribution in [2.75, 3.05) is 6.54 Å². The zero-order valence-corrected chi connectivity index (χ0v) is 11.5. The molecule has 0 saturated heterocycles. The van der Waals surface area contributed by atoms with Gasteiger partial charge in [0.25, 0.3) is 0 Å². The molecule has 17 heavy (non-hydrogen) atoms.